The molecule has 0 bridgehead atoms. The van der Waals surface area contributed by atoms with E-state index in [4.69, 9.17) is 4.74 Å². The number of hydrogen-bond acceptors (Lipinski definition) is 4. The van der Waals surface area contributed by atoms with Crippen LogP contribution in [0.25, 0.3) is 10.6 Å². The average molecular weight is 368 g/mol. The van der Waals surface area contributed by atoms with Crippen LogP contribution in [0.15, 0.2) is 53.9 Å². The van der Waals surface area contributed by atoms with Crippen LogP contribution < -0.4 is 10.1 Å². The van der Waals surface area contributed by atoms with Crippen molar-refractivity contribution in [3.8, 4) is 16.3 Å². The molecule has 26 heavy (non-hydrogen) atoms. The van der Waals surface area contributed by atoms with Crippen molar-refractivity contribution in [2.75, 3.05) is 7.11 Å². The first kappa shape index (κ1) is 16.7. The maximum absolute atomic E-state index is 13.0. The Morgan fingerprint density at radius 1 is 1.23 bits per heavy atom. The van der Waals surface area contributed by atoms with Crippen molar-refractivity contribution in [1.29, 1.82) is 0 Å². The monoisotopic (exact) mass is 368 g/mol. The molecule has 0 unspecified atom stereocenters. The third-order valence-corrected chi connectivity index (χ3v) is 5.35. The van der Waals surface area contributed by atoms with E-state index in [0.717, 1.165) is 28.3 Å². The summed E-state index contributed by atoms with van der Waals surface area (Å²) in [5.74, 6) is 0.539. The number of ether oxygens (including phenoxy) is 1. The Morgan fingerprint density at radius 3 is 2.77 bits per heavy atom. The number of nitrogens with zero attached hydrogens (tertiary/aromatic N) is 1. The normalized spacial score (nSPS) is 18.4. The van der Waals surface area contributed by atoms with Gasteiger partial charge >= 0.3 is 0 Å². The van der Waals surface area contributed by atoms with Crippen LogP contribution in [-0.4, -0.2) is 24.0 Å². The van der Waals surface area contributed by atoms with Crippen molar-refractivity contribution < 1.29 is 13.9 Å². The third kappa shape index (κ3) is 3.32. The molecule has 2 aromatic carbocycles. The summed E-state index contributed by atoms with van der Waals surface area (Å²) in [4.78, 5) is 16.9. The molecule has 0 spiro atoms. The number of halogens is 1. The summed E-state index contributed by atoms with van der Waals surface area (Å²) in [7, 11) is 1.61. The van der Waals surface area contributed by atoms with Crippen LogP contribution >= 0.6 is 11.3 Å². The molecule has 132 valence electrons. The average Bonchev–Trinajstić information content (AvgIpc) is 3.24. The number of nitrogens with one attached hydrogen (secondary N) is 1. The predicted molar refractivity (Wildman–Crippen MR) is 99.1 cm³/mol. The minimum atomic E-state index is -0.249. The zero-order valence-corrected chi connectivity index (χ0v) is 14.9. The van der Waals surface area contributed by atoms with Crippen LogP contribution in [0.1, 0.15) is 28.4 Å². The van der Waals surface area contributed by atoms with Gasteiger partial charge in [-0.25, -0.2) is 9.37 Å². The summed E-state index contributed by atoms with van der Waals surface area (Å²) in [6, 6.07) is 14.1. The molecule has 1 aliphatic rings. The van der Waals surface area contributed by atoms with Gasteiger partial charge in [0, 0.05) is 17.3 Å². The van der Waals surface area contributed by atoms with Crippen LogP contribution in [0.4, 0.5) is 4.39 Å². The number of rotatable bonds is 5. The zero-order chi connectivity index (χ0) is 18.1. The molecular weight excluding hydrogens is 351 g/mol. The summed E-state index contributed by atoms with van der Waals surface area (Å²) in [6.07, 6.45) is 0.862. The number of benzene rings is 2. The lowest BCUT2D eigenvalue weighted by Gasteiger charge is -2.05. The molecule has 1 heterocycles. The first-order valence-corrected chi connectivity index (χ1v) is 9.19. The second-order valence-electron chi connectivity index (χ2n) is 6.21. The Balaban J connectivity index is 1.44. The smallest absolute Gasteiger partial charge is 0.271 e. The molecule has 0 radical (unpaired) electrons. The minimum absolute atomic E-state index is 0.0735. The highest BCUT2D eigenvalue weighted by Gasteiger charge is 2.39. The van der Waals surface area contributed by atoms with E-state index >= 15 is 0 Å². The van der Waals surface area contributed by atoms with E-state index in [2.05, 4.69) is 10.3 Å². The highest BCUT2D eigenvalue weighted by molar-refractivity contribution is 7.13. The molecule has 0 saturated heterocycles. The van der Waals surface area contributed by atoms with E-state index in [1.54, 1.807) is 24.6 Å². The Labute approximate surface area is 154 Å². The molecule has 3 aromatic rings. The first-order valence-electron chi connectivity index (χ1n) is 8.31. The van der Waals surface area contributed by atoms with Crippen molar-refractivity contribution in [3.63, 3.8) is 0 Å². The zero-order valence-electron chi connectivity index (χ0n) is 14.1. The van der Waals surface area contributed by atoms with Gasteiger partial charge in [0.1, 0.15) is 22.3 Å². The fourth-order valence-corrected chi connectivity index (χ4v) is 3.83. The summed E-state index contributed by atoms with van der Waals surface area (Å²) >= 11 is 1.41. The first-order chi connectivity index (χ1) is 12.7. The number of carbonyl (C=O) groups is 1. The molecule has 1 fully saturated rings. The molecule has 4 nitrogen and oxygen atoms in total. The van der Waals surface area contributed by atoms with Gasteiger partial charge in [-0.2, -0.15) is 0 Å². The number of aromatic nitrogens is 1. The second kappa shape index (κ2) is 6.88. The van der Waals surface area contributed by atoms with Crippen LogP contribution in [0.5, 0.6) is 5.75 Å². The Kier molecular flexibility index (Phi) is 4.42. The van der Waals surface area contributed by atoms with E-state index in [1.165, 1.54) is 23.5 Å². The highest BCUT2D eigenvalue weighted by Crippen LogP contribution is 2.41. The number of amides is 1. The Hall–Kier alpha value is -2.73. The molecule has 2 atom stereocenters. The van der Waals surface area contributed by atoms with Gasteiger partial charge in [0.2, 0.25) is 0 Å². The highest BCUT2D eigenvalue weighted by atomic mass is 32.1. The van der Waals surface area contributed by atoms with Gasteiger partial charge in [-0.05, 0) is 36.2 Å². The summed E-state index contributed by atoms with van der Waals surface area (Å²) in [6.45, 7) is 0. The van der Waals surface area contributed by atoms with E-state index in [9.17, 15) is 9.18 Å². The summed E-state index contributed by atoms with van der Waals surface area (Å²) < 4.78 is 18.4. The second-order valence-corrected chi connectivity index (χ2v) is 7.07. The SMILES string of the molecule is COc1ccccc1-c1nc(C(=O)N[C@H]2C[C@@H]2c2ccc(F)cc2)cs1. The molecule has 4 rings (SSSR count). The van der Waals surface area contributed by atoms with Crippen molar-refractivity contribution >= 4 is 17.2 Å². The molecule has 1 amide bonds. The lowest BCUT2D eigenvalue weighted by Crippen LogP contribution is -2.26. The number of para-hydroxylation sites is 1. The Morgan fingerprint density at radius 2 is 2.00 bits per heavy atom. The summed E-state index contributed by atoms with van der Waals surface area (Å²) in [5, 5.41) is 5.51. The van der Waals surface area contributed by atoms with Crippen LogP contribution in [0.3, 0.4) is 0 Å². The standard InChI is InChI=1S/C20H17FN2O2S/c1-25-18-5-3-2-4-14(18)20-23-17(11-26-20)19(24)22-16-10-15(16)12-6-8-13(21)9-7-12/h2-9,11,15-16H,10H2,1H3,(H,22,24)/t15-,16+/m1/s1. The van der Waals surface area contributed by atoms with Gasteiger partial charge in [0.15, 0.2) is 0 Å². The van der Waals surface area contributed by atoms with Gasteiger partial charge in [-0.3, -0.25) is 4.79 Å². The molecule has 1 N–H and O–H groups in total. The van der Waals surface area contributed by atoms with E-state index in [0.29, 0.717) is 5.69 Å². The van der Waals surface area contributed by atoms with Crippen LogP contribution in [0, 0.1) is 5.82 Å². The molecule has 1 saturated carbocycles. The quantitative estimate of drug-likeness (QED) is 0.733. The lowest BCUT2D eigenvalue weighted by atomic mass is 10.1. The van der Waals surface area contributed by atoms with Crippen LogP contribution in [-0.2, 0) is 0 Å². The maximum atomic E-state index is 13.0. The van der Waals surface area contributed by atoms with E-state index in [1.807, 2.05) is 24.3 Å². The topological polar surface area (TPSA) is 51.2 Å². The molecule has 6 heteroatoms. The van der Waals surface area contributed by atoms with Gasteiger partial charge in [-0.1, -0.05) is 24.3 Å². The van der Waals surface area contributed by atoms with Gasteiger partial charge in [0.05, 0.1) is 12.7 Å². The van der Waals surface area contributed by atoms with E-state index in [-0.39, 0.29) is 23.7 Å². The molecule has 0 aliphatic heterocycles. The number of carbonyl (C=O) groups excluding carboxylic acids is 1. The van der Waals surface area contributed by atoms with Crippen molar-refractivity contribution in [2.45, 2.75) is 18.4 Å². The number of thiazole rings is 1. The van der Waals surface area contributed by atoms with Gasteiger partial charge in [0.25, 0.3) is 5.91 Å². The van der Waals surface area contributed by atoms with Crippen molar-refractivity contribution in [3.05, 3.63) is 71.0 Å². The van der Waals surface area contributed by atoms with Crippen molar-refractivity contribution in [2.24, 2.45) is 0 Å². The van der Waals surface area contributed by atoms with Gasteiger partial charge in [-0.15, -0.1) is 11.3 Å². The fourth-order valence-electron chi connectivity index (χ4n) is 3.00. The lowest BCUT2D eigenvalue weighted by molar-refractivity contribution is 0.0946. The Bertz CT molecular complexity index is 939. The molecule has 1 aromatic heterocycles. The van der Waals surface area contributed by atoms with Crippen LogP contribution in [0.2, 0.25) is 0 Å². The fraction of sp³-hybridized carbons (Fsp3) is 0.200. The van der Waals surface area contributed by atoms with E-state index < -0.39 is 0 Å². The third-order valence-electron chi connectivity index (χ3n) is 4.48. The maximum Gasteiger partial charge on any atom is 0.271 e. The largest absolute Gasteiger partial charge is 0.496 e. The summed E-state index contributed by atoms with van der Waals surface area (Å²) in [5.41, 5.74) is 2.32. The number of hydrogen-bond donors (Lipinski definition) is 1. The molecule has 1 aliphatic carbocycles. The minimum Gasteiger partial charge on any atom is -0.496 e. The number of methoxy groups -OCH3 is 1. The van der Waals surface area contributed by atoms with Crippen molar-refractivity contribution in [1.82, 2.24) is 10.3 Å². The van der Waals surface area contributed by atoms with Gasteiger partial charge < -0.3 is 10.1 Å². The molecular formula is C20H17FN2O2S. The predicted octanol–water partition coefficient (Wildman–Crippen LogP) is 4.24.